The molecule has 0 aliphatic carbocycles. The van der Waals surface area contributed by atoms with Crippen molar-refractivity contribution in [3.05, 3.63) is 53.2 Å². The van der Waals surface area contributed by atoms with Gasteiger partial charge in [0.15, 0.2) is 0 Å². The van der Waals surface area contributed by atoms with E-state index in [1.807, 2.05) is 29.2 Å². The van der Waals surface area contributed by atoms with Crippen molar-refractivity contribution >= 4 is 35.2 Å². The summed E-state index contributed by atoms with van der Waals surface area (Å²) in [5, 5.41) is 4.03. The van der Waals surface area contributed by atoms with Crippen LogP contribution in [0.25, 0.3) is 0 Å². The molecule has 1 N–H and O–H groups in total. The summed E-state index contributed by atoms with van der Waals surface area (Å²) in [5.41, 5.74) is 0.589. The topological polar surface area (TPSA) is 62.3 Å². The number of aromatic nitrogens is 1. The van der Waals surface area contributed by atoms with Crippen LogP contribution in [0.1, 0.15) is 23.2 Å². The van der Waals surface area contributed by atoms with Crippen molar-refractivity contribution < 1.29 is 9.59 Å². The quantitative estimate of drug-likeness (QED) is 0.869. The van der Waals surface area contributed by atoms with E-state index in [-0.39, 0.29) is 17.7 Å². The summed E-state index contributed by atoms with van der Waals surface area (Å²) in [4.78, 5) is 31.9. The highest BCUT2D eigenvalue weighted by atomic mass is 35.5. The highest BCUT2D eigenvalue weighted by Crippen LogP contribution is 2.30. The van der Waals surface area contributed by atoms with E-state index >= 15 is 0 Å². The number of rotatable bonds is 4. The molecule has 1 aromatic carbocycles. The lowest BCUT2D eigenvalue weighted by atomic mass is 9.95. The molecule has 2 amide bonds. The molecular formula is C19H20ClN3O2S. The molecule has 26 heavy (non-hydrogen) atoms. The normalized spacial score (nSPS) is 14.9. The van der Waals surface area contributed by atoms with E-state index < -0.39 is 0 Å². The number of carbonyl (C=O) groups is 2. The number of halogens is 1. The monoisotopic (exact) mass is 389 g/mol. The Morgan fingerprint density at radius 3 is 2.54 bits per heavy atom. The first-order chi connectivity index (χ1) is 12.6. The van der Waals surface area contributed by atoms with Gasteiger partial charge in [-0.2, -0.15) is 0 Å². The van der Waals surface area contributed by atoms with Crippen molar-refractivity contribution in [2.45, 2.75) is 22.8 Å². The first-order valence-electron chi connectivity index (χ1n) is 8.48. The second-order valence-corrected chi connectivity index (χ2v) is 7.59. The molecule has 1 aliphatic heterocycles. The Kier molecular flexibility index (Phi) is 6.16. The second kappa shape index (κ2) is 8.56. The zero-order valence-corrected chi connectivity index (χ0v) is 16.0. The number of hydrogen-bond donors (Lipinski definition) is 1. The van der Waals surface area contributed by atoms with Crippen LogP contribution >= 0.6 is 23.4 Å². The molecule has 1 aromatic heterocycles. The predicted octanol–water partition coefficient (Wildman–Crippen LogP) is 3.48. The lowest BCUT2D eigenvalue weighted by Gasteiger charge is -2.31. The molecule has 3 rings (SSSR count). The van der Waals surface area contributed by atoms with Crippen LogP contribution in [-0.4, -0.2) is 41.8 Å². The first kappa shape index (κ1) is 18.7. The van der Waals surface area contributed by atoms with Crippen LogP contribution in [0, 0.1) is 5.92 Å². The molecule has 0 radical (unpaired) electrons. The number of piperidine rings is 1. The Labute approximate surface area is 162 Å². The lowest BCUT2D eigenvalue weighted by Crippen LogP contribution is -2.42. The van der Waals surface area contributed by atoms with E-state index in [9.17, 15) is 9.59 Å². The molecule has 5 nitrogen and oxygen atoms in total. The van der Waals surface area contributed by atoms with Gasteiger partial charge in [0, 0.05) is 42.2 Å². The molecule has 1 fully saturated rings. The van der Waals surface area contributed by atoms with Crippen molar-refractivity contribution in [3.63, 3.8) is 0 Å². The van der Waals surface area contributed by atoms with Crippen LogP contribution in [0.2, 0.25) is 5.02 Å². The minimum Gasteiger partial charge on any atom is -0.359 e. The number of benzene rings is 1. The van der Waals surface area contributed by atoms with Crippen LogP contribution in [0.3, 0.4) is 0 Å². The average Bonchev–Trinajstić information content (AvgIpc) is 2.69. The van der Waals surface area contributed by atoms with E-state index in [0.29, 0.717) is 41.5 Å². The molecule has 0 saturated carbocycles. The van der Waals surface area contributed by atoms with Crippen LogP contribution in [0.4, 0.5) is 0 Å². The van der Waals surface area contributed by atoms with Gasteiger partial charge in [-0.25, -0.2) is 4.98 Å². The van der Waals surface area contributed by atoms with Crippen molar-refractivity contribution in [3.8, 4) is 0 Å². The van der Waals surface area contributed by atoms with Gasteiger partial charge in [0.05, 0.1) is 5.56 Å². The molecule has 1 saturated heterocycles. The number of nitrogens with zero attached hydrogens (tertiary/aromatic N) is 2. The van der Waals surface area contributed by atoms with Gasteiger partial charge in [-0.05, 0) is 49.2 Å². The summed E-state index contributed by atoms with van der Waals surface area (Å²) in [6.07, 6.45) is 3.06. The highest BCUT2D eigenvalue weighted by molar-refractivity contribution is 7.99. The minimum absolute atomic E-state index is 0.0131. The third-order valence-corrected chi connectivity index (χ3v) is 5.71. The van der Waals surface area contributed by atoms with Crippen LogP contribution in [0.5, 0.6) is 0 Å². The number of hydrogen-bond acceptors (Lipinski definition) is 4. The fourth-order valence-corrected chi connectivity index (χ4v) is 3.97. The third kappa shape index (κ3) is 4.37. The van der Waals surface area contributed by atoms with Gasteiger partial charge in [0.25, 0.3) is 5.91 Å². The van der Waals surface area contributed by atoms with E-state index in [1.54, 1.807) is 25.4 Å². The Morgan fingerprint density at radius 1 is 1.19 bits per heavy atom. The fourth-order valence-electron chi connectivity index (χ4n) is 2.97. The first-order valence-corrected chi connectivity index (χ1v) is 9.67. The van der Waals surface area contributed by atoms with Crippen LogP contribution < -0.4 is 5.32 Å². The minimum atomic E-state index is -0.0371. The number of carbonyl (C=O) groups excluding carboxylic acids is 2. The Balaban J connectivity index is 1.72. The zero-order chi connectivity index (χ0) is 18.5. The summed E-state index contributed by atoms with van der Waals surface area (Å²) >= 11 is 7.37. The van der Waals surface area contributed by atoms with Crippen molar-refractivity contribution in [2.75, 3.05) is 20.1 Å². The van der Waals surface area contributed by atoms with E-state index in [0.717, 1.165) is 4.90 Å². The summed E-state index contributed by atoms with van der Waals surface area (Å²) in [6.45, 7) is 1.16. The molecule has 0 unspecified atom stereocenters. The van der Waals surface area contributed by atoms with E-state index in [1.165, 1.54) is 11.8 Å². The van der Waals surface area contributed by atoms with Gasteiger partial charge in [-0.15, -0.1) is 0 Å². The molecule has 136 valence electrons. The lowest BCUT2D eigenvalue weighted by molar-refractivity contribution is -0.125. The number of amides is 2. The summed E-state index contributed by atoms with van der Waals surface area (Å²) in [5.74, 6) is 0.00300. The molecule has 7 heteroatoms. The fraction of sp³-hybridized carbons (Fsp3) is 0.316. The molecule has 1 aliphatic rings. The smallest absolute Gasteiger partial charge is 0.256 e. The molecular weight excluding hydrogens is 370 g/mol. The van der Waals surface area contributed by atoms with Crippen LogP contribution in [0.15, 0.2) is 52.5 Å². The van der Waals surface area contributed by atoms with Crippen molar-refractivity contribution in [2.24, 2.45) is 5.92 Å². The van der Waals surface area contributed by atoms with Gasteiger partial charge in [0.2, 0.25) is 5.91 Å². The summed E-state index contributed by atoms with van der Waals surface area (Å²) < 4.78 is 0. The largest absolute Gasteiger partial charge is 0.359 e. The second-order valence-electron chi connectivity index (χ2n) is 6.09. The zero-order valence-electron chi connectivity index (χ0n) is 14.4. The third-order valence-electron chi connectivity index (χ3n) is 4.43. The maximum atomic E-state index is 13.0. The standard InChI is InChI=1S/C19H20ClN3O2S/c1-21-17(24)13-8-11-23(12-9-13)19(25)16-3-2-10-22-18(16)26-15-6-4-14(20)5-7-15/h2-7,10,13H,8-9,11-12H2,1H3,(H,21,24). The van der Waals surface area contributed by atoms with Gasteiger partial charge in [-0.1, -0.05) is 23.4 Å². The van der Waals surface area contributed by atoms with Gasteiger partial charge < -0.3 is 10.2 Å². The summed E-state index contributed by atoms with van der Waals surface area (Å²) in [6, 6.07) is 11.0. The van der Waals surface area contributed by atoms with Gasteiger partial charge in [0.1, 0.15) is 5.03 Å². The van der Waals surface area contributed by atoms with Crippen LogP contribution in [-0.2, 0) is 4.79 Å². The molecule has 0 atom stereocenters. The summed E-state index contributed by atoms with van der Waals surface area (Å²) in [7, 11) is 1.65. The van der Waals surface area contributed by atoms with Gasteiger partial charge >= 0.3 is 0 Å². The SMILES string of the molecule is CNC(=O)C1CCN(C(=O)c2cccnc2Sc2ccc(Cl)cc2)CC1. The molecule has 0 bridgehead atoms. The number of pyridine rings is 1. The highest BCUT2D eigenvalue weighted by Gasteiger charge is 2.28. The molecule has 0 spiro atoms. The van der Waals surface area contributed by atoms with E-state index in [4.69, 9.17) is 11.6 Å². The van der Waals surface area contributed by atoms with Gasteiger partial charge in [-0.3, -0.25) is 9.59 Å². The van der Waals surface area contributed by atoms with E-state index in [2.05, 4.69) is 10.3 Å². The Bertz CT molecular complexity index is 790. The van der Waals surface area contributed by atoms with Crippen molar-refractivity contribution in [1.29, 1.82) is 0 Å². The Hall–Kier alpha value is -2.05. The average molecular weight is 390 g/mol. The number of likely N-dealkylation sites (tertiary alicyclic amines) is 1. The molecule has 2 aromatic rings. The Morgan fingerprint density at radius 2 is 1.88 bits per heavy atom. The van der Waals surface area contributed by atoms with Crippen molar-refractivity contribution in [1.82, 2.24) is 15.2 Å². The predicted molar refractivity (Wildman–Crippen MR) is 103 cm³/mol. The maximum absolute atomic E-state index is 13.0. The maximum Gasteiger partial charge on any atom is 0.256 e. The molecule has 2 heterocycles. The number of nitrogens with one attached hydrogen (secondary N) is 1.